The molecule has 2 heteroatoms. The molecule has 0 amide bonds. The minimum Gasteiger partial charge on any atom is -0.309 e. The molecule has 0 aromatic carbocycles. The number of hydrogen-bond donors (Lipinski definition) is 1. The van der Waals surface area contributed by atoms with Crippen LogP contribution in [0.25, 0.3) is 0 Å². The Bertz CT molecular complexity index is 262. The predicted octanol–water partition coefficient (Wildman–Crippen LogP) is 3.81. The van der Waals surface area contributed by atoms with Crippen molar-refractivity contribution < 1.29 is 0 Å². The van der Waals surface area contributed by atoms with Crippen LogP contribution in [0.1, 0.15) is 72.6 Å². The highest BCUT2D eigenvalue weighted by atomic mass is 15.3. The summed E-state index contributed by atoms with van der Waals surface area (Å²) in [7, 11) is 0. The Hall–Kier alpha value is -0.0800. The molecule has 1 aliphatic heterocycles. The SMILES string of the molecule is CC(C)CC1CNC(C)(C)CN1C1CCCCCC1. The summed E-state index contributed by atoms with van der Waals surface area (Å²) in [5.41, 5.74) is 0.291. The van der Waals surface area contributed by atoms with Gasteiger partial charge in [0.1, 0.15) is 0 Å². The van der Waals surface area contributed by atoms with Crippen molar-refractivity contribution in [1.82, 2.24) is 10.2 Å². The van der Waals surface area contributed by atoms with Crippen LogP contribution in [-0.2, 0) is 0 Å². The second-order valence-electron chi connectivity index (χ2n) is 7.87. The quantitative estimate of drug-likeness (QED) is 0.782. The maximum absolute atomic E-state index is 3.76. The molecule has 2 aliphatic rings. The first-order chi connectivity index (χ1) is 8.98. The highest BCUT2D eigenvalue weighted by molar-refractivity contribution is 4.95. The largest absolute Gasteiger partial charge is 0.309 e. The normalized spacial score (nSPS) is 30.5. The van der Waals surface area contributed by atoms with Crippen molar-refractivity contribution in [2.75, 3.05) is 13.1 Å². The van der Waals surface area contributed by atoms with Gasteiger partial charge in [-0.05, 0) is 39.0 Å². The molecule has 1 N–H and O–H groups in total. The van der Waals surface area contributed by atoms with E-state index in [-0.39, 0.29) is 0 Å². The summed E-state index contributed by atoms with van der Waals surface area (Å²) in [4.78, 5) is 2.88. The van der Waals surface area contributed by atoms with Gasteiger partial charge < -0.3 is 5.32 Å². The topological polar surface area (TPSA) is 15.3 Å². The predicted molar refractivity (Wildman–Crippen MR) is 83.5 cm³/mol. The molecular formula is C17H34N2. The van der Waals surface area contributed by atoms with Crippen LogP contribution < -0.4 is 5.32 Å². The average Bonchev–Trinajstić information content (AvgIpc) is 2.59. The smallest absolute Gasteiger partial charge is 0.0253 e. The molecule has 1 aliphatic carbocycles. The maximum atomic E-state index is 3.76. The first-order valence-electron chi connectivity index (χ1n) is 8.49. The Kier molecular flexibility index (Phi) is 5.30. The minimum atomic E-state index is 0.291. The molecule has 19 heavy (non-hydrogen) atoms. The zero-order valence-corrected chi connectivity index (χ0v) is 13.5. The summed E-state index contributed by atoms with van der Waals surface area (Å²) in [5.74, 6) is 0.807. The van der Waals surface area contributed by atoms with Crippen LogP contribution in [-0.4, -0.2) is 35.6 Å². The van der Waals surface area contributed by atoms with Crippen molar-refractivity contribution >= 4 is 0 Å². The molecule has 0 radical (unpaired) electrons. The zero-order valence-electron chi connectivity index (χ0n) is 13.5. The van der Waals surface area contributed by atoms with Crippen LogP contribution in [0.3, 0.4) is 0 Å². The summed E-state index contributed by atoms with van der Waals surface area (Å²) in [6.45, 7) is 11.9. The second-order valence-corrected chi connectivity index (χ2v) is 7.87. The van der Waals surface area contributed by atoms with E-state index in [1.165, 1.54) is 58.0 Å². The minimum absolute atomic E-state index is 0.291. The van der Waals surface area contributed by atoms with Crippen LogP contribution in [0.4, 0.5) is 0 Å². The van der Waals surface area contributed by atoms with E-state index >= 15 is 0 Å². The molecule has 1 heterocycles. The summed E-state index contributed by atoms with van der Waals surface area (Å²) < 4.78 is 0. The molecule has 2 nitrogen and oxygen atoms in total. The van der Waals surface area contributed by atoms with Crippen molar-refractivity contribution in [2.24, 2.45) is 5.92 Å². The van der Waals surface area contributed by atoms with Crippen LogP contribution in [0.5, 0.6) is 0 Å². The number of piperazine rings is 1. The van der Waals surface area contributed by atoms with Crippen LogP contribution in [0.15, 0.2) is 0 Å². The molecule has 0 aromatic heterocycles. The lowest BCUT2D eigenvalue weighted by atomic mass is 9.91. The summed E-state index contributed by atoms with van der Waals surface area (Å²) in [6.07, 6.45) is 10.0. The molecule has 0 aromatic rings. The number of nitrogens with one attached hydrogen (secondary N) is 1. The van der Waals surface area contributed by atoms with Crippen LogP contribution >= 0.6 is 0 Å². The monoisotopic (exact) mass is 266 g/mol. The standard InChI is InChI=1S/C17H34N2/c1-14(2)11-16-12-18-17(3,4)13-19(16)15-9-7-5-6-8-10-15/h14-16,18H,5-13H2,1-4H3. The molecular weight excluding hydrogens is 232 g/mol. The van der Waals surface area contributed by atoms with Crippen molar-refractivity contribution in [1.29, 1.82) is 0 Å². The lowest BCUT2D eigenvalue weighted by molar-refractivity contribution is 0.0376. The van der Waals surface area contributed by atoms with Gasteiger partial charge in [0.25, 0.3) is 0 Å². The summed E-state index contributed by atoms with van der Waals surface area (Å²) in [6, 6.07) is 1.61. The molecule has 2 rings (SSSR count). The third-order valence-electron chi connectivity index (χ3n) is 4.90. The highest BCUT2D eigenvalue weighted by Crippen LogP contribution is 2.29. The maximum Gasteiger partial charge on any atom is 0.0253 e. The van der Waals surface area contributed by atoms with E-state index in [2.05, 4.69) is 37.9 Å². The molecule has 2 fully saturated rings. The molecule has 0 spiro atoms. The molecule has 1 atom stereocenters. The molecule has 1 saturated heterocycles. The van der Waals surface area contributed by atoms with Crippen LogP contribution in [0.2, 0.25) is 0 Å². The van der Waals surface area contributed by atoms with Gasteiger partial charge in [0.15, 0.2) is 0 Å². The fourth-order valence-corrected chi connectivity index (χ4v) is 3.93. The van der Waals surface area contributed by atoms with E-state index in [0.29, 0.717) is 5.54 Å². The Morgan fingerprint density at radius 3 is 2.32 bits per heavy atom. The first kappa shape index (κ1) is 15.3. The first-order valence-corrected chi connectivity index (χ1v) is 8.49. The van der Waals surface area contributed by atoms with Gasteiger partial charge in [0.05, 0.1) is 0 Å². The molecule has 0 bridgehead atoms. The van der Waals surface area contributed by atoms with Crippen LogP contribution in [0, 0.1) is 5.92 Å². The number of hydrogen-bond acceptors (Lipinski definition) is 2. The average molecular weight is 266 g/mol. The lowest BCUT2D eigenvalue weighted by Crippen LogP contribution is -2.64. The summed E-state index contributed by atoms with van der Waals surface area (Å²) >= 11 is 0. The zero-order chi connectivity index (χ0) is 13.9. The van der Waals surface area contributed by atoms with Gasteiger partial charge in [-0.1, -0.05) is 39.5 Å². The molecule has 1 saturated carbocycles. The van der Waals surface area contributed by atoms with E-state index in [1.807, 2.05) is 0 Å². The second kappa shape index (κ2) is 6.58. The summed E-state index contributed by atoms with van der Waals surface area (Å²) in [5, 5.41) is 3.76. The van der Waals surface area contributed by atoms with Gasteiger partial charge in [-0.15, -0.1) is 0 Å². The van der Waals surface area contributed by atoms with E-state index in [9.17, 15) is 0 Å². The number of nitrogens with zero attached hydrogens (tertiary/aromatic N) is 1. The van der Waals surface area contributed by atoms with Gasteiger partial charge >= 0.3 is 0 Å². The Morgan fingerprint density at radius 2 is 1.74 bits per heavy atom. The number of rotatable bonds is 3. The Balaban J connectivity index is 2.04. The van der Waals surface area contributed by atoms with Gasteiger partial charge in [-0.3, -0.25) is 4.90 Å². The molecule has 112 valence electrons. The Labute approximate surface area is 120 Å². The third-order valence-corrected chi connectivity index (χ3v) is 4.90. The molecule has 1 unspecified atom stereocenters. The van der Waals surface area contributed by atoms with Gasteiger partial charge in [0.2, 0.25) is 0 Å². The Morgan fingerprint density at radius 1 is 1.11 bits per heavy atom. The third kappa shape index (κ3) is 4.46. The van der Waals surface area contributed by atoms with E-state index in [1.54, 1.807) is 0 Å². The van der Waals surface area contributed by atoms with Crippen molar-refractivity contribution in [3.63, 3.8) is 0 Å². The highest BCUT2D eigenvalue weighted by Gasteiger charge is 2.36. The van der Waals surface area contributed by atoms with Gasteiger partial charge in [-0.2, -0.15) is 0 Å². The van der Waals surface area contributed by atoms with Gasteiger partial charge in [-0.25, -0.2) is 0 Å². The van der Waals surface area contributed by atoms with E-state index in [4.69, 9.17) is 0 Å². The van der Waals surface area contributed by atoms with Crippen molar-refractivity contribution in [2.45, 2.75) is 90.3 Å². The van der Waals surface area contributed by atoms with Gasteiger partial charge in [0, 0.05) is 30.7 Å². The fraction of sp³-hybridized carbons (Fsp3) is 1.00. The lowest BCUT2D eigenvalue weighted by Gasteiger charge is -2.48. The van der Waals surface area contributed by atoms with E-state index in [0.717, 1.165) is 18.0 Å². The van der Waals surface area contributed by atoms with Crippen molar-refractivity contribution in [3.8, 4) is 0 Å². The van der Waals surface area contributed by atoms with Crippen molar-refractivity contribution in [3.05, 3.63) is 0 Å². The van der Waals surface area contributed by atoms with E-state index < -0.39 is 0 Å². The fourth-order valence-electron chi connectivity index (χ4n) is 3.93.